The number of hydrogen-bond acceptors (Lipinski definition) is 15. The topological polar surface area (TPSA) is 352 Å². The molecule has 2 unspecified atom stereocenters. The van der Waals surface area contributed by atoms with E-state index in [9.17, 15) is 48.1 Å². The highest BCUT2D eigenvalue weighted by atomic mass is 31.3. The quantitative estimate of drug-likeness (QED) is 0.0347. The first-order chi connectivity index (χ1) is 30.9. The fraction of sp³-hybridized carbons (Fsp3) is 0.256. The van der Waals surface area contributed by atoms with Crippen LogP contribution in [-0.4, -0.2) is 110 Å². The van der Waals surface area contributed by atoms with Gasteiger partial charge in [-0.25, -0.2) is 23.1 Å². The summed E-state index contributed by atoms with van der Waals surface area (Å²) in [5.41, 5.74) is 7.94. The molecule has 0 spiro atoms. The van der Waals surface area contributed by atoms with Crippen molar-refractivity contribution in [3.63, 3.8) is 0 Å². The average molecular weight is 973 g/mol. The zero-order chi connectivity index (χ0) is 48.0. The van der Waals surface area contributed by atoms with E-state index in [1.807, 2.05) is 74.1 Å². The monoisotopic (exact) mass is 972 g/mol. The number of aliphatic hydroxyl groups is 1. The number of amides is 1. The van der Waals surface area contributed by atoms with E-state index in [0.29, 0.717) is 27.9 Å². The molecular weight excluding hydrogens is 931 g/mol. The Morgan fingerprint density at radius 3 is 2.45 bits per heavy atom. The number of carbonyl (C=O) groups excluding carboxylic acids is 1. The van der Waals surface area contributed by atoms with Crippen molar-refractivity contribution in [3.8, 4) is 34.3 Å². The number of fused-ring (bicyclic) bond motifs is 3. The molecule has 66 heavy (non-hydrogen) atoms. The van der Waals surface area contributed by atoms with Gasteiger partial charge in [-0.05, 0) is 42.0 Å². The van der Waals surface area contributed by atoms with Crippen molar-refractivity contribution in [1.82, 2.24) is 24.4 Å². The van der Waals surface area contributed by atoms with Crippen LogP contribution < -0.4 is 31.4 Å². The number of hydrogen-bond donors (Lipinski definition) is 9. The first-order valence-corrected chi connectivity index (χ1v) is 23.8. The third-order valence-electron chi connectivity index (χ3n) is 10.1. The number of phosphoric ester groups is 1. The maximum absolute atomic E-state index is 13.7. The molecule has 4 heterocycles. The summed E-state index contributed by atoms with van der Waals surface area (Å²) in [6.07, 6.45) is -2.85. The van der Waals surface area contributed by atoms with Gasteiger partial charge >= 0.3 is 29.4 Å². The van der Waals surface area contributed by atoms with Crippen LogP contribution >= 0.6 is 23.5 Å². The number of nitrogens with two attached hydrogens (primary N) is 1. The van der Waals surface area contributed by atoms with Gasteiger partial charge in [-0.3, -0.25) is 19.1 Å². The van der Waals surface area contributed by atoms with Gasteiger partial charge in [0.15, 0.2) is 5.65 Å². The lowest BCUT2D eigenvalue weighted by atomic mass is 9.89. The fourth-order valence-electron chi connectivity index (χ4n) is 7.15. The Hall–Kier alpha value is -6.02. The van der Waals surface area contributed by atoms with Gasteiger partial charge in [-0.2, -0.15) is 13.6 Å². The normalized spacial score (nSPS) is 18.1. The number of anilines is 2. The molecule has 2 aromatic carbocycles. The van der Waals surface area contributed by atoms with Crippen LogP contribution in [0.15, 0.2) is 70.0 Å². The smallest absolute Gasteiger partial charge is 0.478 e. The standard InChI is InChI=1S/C39H40N7O17P3/c1-44(2)22-8-11-25-29(15-22)60-30-16-23(45(3)4)9-12-26(30)34(25)27-14-20(7-10-24(27)38(50)51)36(48)41-13-5-6-21-18-46(35-33(21)37(49)43-39(40)42-35)32-17-28(47)31(61-32)19-59-65(55,56)63-66(57,58)62-64(52,53)54/h7-12,14-16,18,28,31-32,47H,13,17,19H2,1-4H3,(H8-,40,41,42,43,48,49,50,51,52,53,54,55,56,57,58)/p+1/t28-,31+,32+/m0/s1. The molecule has 1 saturated heterocycles. The Labute approximate surface area is 372 Å². The van der Waals surface area contributed by atoms with E-state index in [2.05, 4.69) is 40.3 Å². The summed E-state index contributed by atoms with van der Waals surface area (Å²) < 4.78 is 62.3. The van der Waals surface area contributed by atoms with Crippen molar-refractivity contribution >= 4 is 69.0 Å². The predicted octanol–water partition coefficient (Wildman–Crippen LogP) is 2.39. The van der Waals surface area contributed by atoms with Gasteiger partial charge in [0.1, 0.15) is 37.8 Å². The third kappa shape index (κ3) is 10.5. The summed E-state index contributed by atoms with van der Waals surface area (Å²) in [6, 6.07) is 15.3. The molecule has 5 atom stereocenters. The second kappa shape index (κ2) is 18.3. The van der Waals surface area contributed by atoms with Crippen molar-refractivity contribution in [1.29, 1.82) is 0 Å². The molecule has 7 rings (SSSR count). The molecular formula is C39H41N7O17P3+. The Bertz CT molecular complexity index is 3250. The largest absolute Gasteiger partial charge is 0.490 e. The van der Waals surface area contributed by atoms with E-state index in [4.69, 9.17) is 24.7 Å². The van der Waals surface area contributed by atoms with Crippen LogP contribution in [0.2, 0.25) is 0 Å². The van der Waals surface area contributed by atoms with Gasteiger partial charge in [-0.15, -0.1) is 0 Å². The molecule has 0 saturated carbocycles. The molecule has 2 aromatic heterocycles. The van der Waals surface area contributed by atoms with E-state index in [-0.39, 0.29) is 52.2 Å². The van der Waals surface area contributed by atoms with E-state index >= 15 is 0 Å². The number of carbonyl (C=O) groups is 2. The van der Waals surface area contributed by atoms with Crippen molar-refractivity contribution in [3.05, 3.63) is 93.2 Å². The number of aromatic nitrogens is 3. The Morgan fingerprint density at radius 1 is 1.03 bits per heavy atom. The van der Waals surface area contributed by atoms with Crippen molar-refractivity contribution in [2.24, 2.45) is 0 Å². The van der Waals surface area contributed by atoms with Crippen LogP contribution in [0.3, 0.4) is 0 Å². The number of H-pyrrole nitrogens is 1. The first-order valence-electron chi connectivity index (χ1n) is 19.3. The van der Waals surface area contributed by atoms with Crippen LogP contribution in [-0.2, 0) is 31.6 Å². The third-order valence-corrected chi connectivity index (χ3v) is 13.9. The highest BCUT2D eigenvalue weighted by molar-refractivity contribution is 7.66. The zero-order valence-electron chi connectivity index (χ0n) is 35.0. The number of aromatic carboxylic acids is 1. The minimum absolute atomic E-state index is 0.0500. The maximum atomic E-state index is 13.7. The fourth-order valence-corrected chi connectivity index (χ4v) is 10.2. The molecule has 348 valence electrons. The zero-order valence-corrected chi connectivity index (χ0v) is 37.7. The lowest BCUT2D eigenvalue weighted by molar-refractivity contribution is -0.0421. The van der Waals surface area contributed by atoms with E-state index in [1.165, 1.54) is 29.0 Å². The Kier molecular flexibility index (Phi) is 13.3. The number of carboxylic acids is 1. The van der Waals surface area contributed by atoms with Gasteiger partial charge < -0.3 is 59.5 Å². The van der Waals surface area contributed by atoms with E-state index in [1.54, 1.807) is 0 Å². The second-order valence-electron chi connectivity index (χ2n) is 15.1. The number of nitrogen functional groups attached to an aromatic ring is 1. The van der Waals surface area contributed by atoms with Crippen LogP contribution in [0.4, 0.5) is 11.6 Å². The summed E-state index contributed by atoms with van der Waals surface area (Å²) in [5.74, 6) is 3.94. The van der Waals surface area contributed by atoms with Crippen LogP contribution in [0.5, 0.6) is 0 Å². The number of phosphoric acid groups is 3. The molecule has 2 aliphatic heterocycles. The van der Waals surface area contributed by atoms with Crippen molar-refractivity contribution in [2.75, 3.05) is 52.0 Å². The average Bonchev–Trinajstić information content (AvgIpc) is 3.77. The summed E-state index contributed by atoms with van der Waals surface area (Å²) in [6.45, 7) is -1.22. The number of nitrogens with one attached hydrogen (secondary N) is 2. The number of ether oxygens (including phenoxy) is 1. The van der Waals surface area contributed by atoms with Gasteiger partial charge in [0.25, 0.3) is 11.5 Å². The number of rotatable bonds is 13. The second-order valence-corrected chi connectivity index (χ2v) is 19.5. The van der Waals surface area contributed by atoms with Crippen molar-refractivity contribution < 1.29 is 75.4 Å². The number of nitrogens with zero attached hydrogens (tertiary/aromatic N) is 4. The van der Waals surface area contributed by atoms with Crippen LogP contribution in [0.1, 0.15) is 38.9 Å². The lowest BCUT2D eigenvalue weighted by Crippen LogP contribution is -2.26. The number of benzene rings is 3. The first kappa shape index (κ1) is 47.9. The summed E-state index contributed by atoms with van der Waals surface area (Å²) in [7, 11) is -9.46. The van der Waals surface area contributed by atoms with Crippen LogP contribution in [0.25, 0.3) is 44.5 Å². The molecule has 3 aliphatic rings. The number of aromatic amines is 1. The van der Waals surface area contributed by atoms with E-state index < -0.39 is 65.9 Å². The highest BCUT2D eigenvalue weighted by Crippen LogP contribution is 2.66. The summed E-state index contributed by atoms with van der Waals surface area (Å²) in [4.78, 5) is 84.7. The molecule has 4 aromatic rings. The predicted molar refractivity (Wildman–Crippen MR) is 235 cm³/mol. The minimum Gasteiger partial charge on any atom is -0.478 e. The molecule has 0 radical (unpaired) electrons. The molecule has 1 amide bonds. The molecule has 0 bridgehead atoms. The SMILES string of the molecule is CN(C)c1ccc2c(-c3cc(C(=O)NCC#Cc4cn([C@H]5C[C@H](O)[C@@H](COP(=O)(O)OP(=O)(O)OP(=O)(O)O)O5)c5nc(N)[nH]c(=O)c45)ccc3C(=O)O)c3ccc(=[N+](C)C)cc-3oc2c1. The van der Waals surface area contributed by atoms with Gasteiger partial charge in [0, 0.05) is 66.6 Å². The van der Waals surface area contributed by atoms with E-state index in [0.717, 1.165) is 11.0 Å². The van der Waals surface area contributed by atoms with Gasteiger partial charge in [-0.1, -0.05) is 11.8 Å². The minimum atomic E-state index is -5.80. The Balaban J connectivity index is 1.14. The number of carboxylic acid groups (broad SMARTS) is 1. The summed E-state index contributed by atoms with van der Waals surface area (Å²) in [5, 5.41) is 25.1. The lowest BCUT2D eigenvalue weighted by Gasteiger charge is -2.19. The Morgan fingerprint density at radius 2 is 1.77 bits per heavy atom. The molecule has 27 heteroatoms. The van der Waals surface area contributed by atoms with Gasteiger partial charge in [0.05, 0.1) is 41.8 Å². The van der Waals surface area contributed by atoms with Gasteiger partial charge in [0.2, 0.25) is 11.3 Å². The number of aliphatic hydroxyl groups excluding tert-OH is 1. The maximum Gasteiger partial charge on any atom is 0.490 e. The van der Waals surface area contributed by atoms with Crippen molar-refractivity contribution in [2.45, 2.75) is 24.9 Å². The molecule has 10 N–H and O–H groups in total. The highest BCUT2D eigenvalue weighted by Gasteiger charge is 2.43. The summed E-state index contributed by atoms with van der Waals surface area (Å²) >= 11 is 0. The van der Waals surface area contributed by atoms with Crippen LogP contribution in [0, 0.1) is 11.8 Å². The molecule has 1 aliphatic carbocycles. The molecule has 1 fully saturated rings. The molecule has 24 nitrogen and oxygen atoms in total.